The van der Waals surface area contributed by atoms with Gasteiger partial charge < -0.3 is 4.90 Å². The molecule has 1 unspecified atom stereocenters. The van der Waals surface area contributed by atoms with Gasteiger partial charge >= 0.3 is 0 Å². The molecule has 0 aliphatic carbocycles. The molecule has 1 amide bonds. The Bertz CT molecular complexity index is 1450. The standard InChI is InChI=1S/C27H26N4O4/c1-18(2)17-29(26(32)20-10-9-13-22(16-20)31(34)35)19(3)25-28-24-15-8-7-14-23(24)27(33)30(25)21-11-5-4-6-12-21/h4-16,18-19H,17H2,1-3H3. The van der Waals surface area contributed by atoms with E-state index in [0.29, 0.717) is 29.0 Å². The predicted molar refractivity (Wildman–Crippen MR) is 135 cm³/mol. The Balaban J connectivity index is 1.89. The van der Waals surface area contributed by atoms with Gasteiger partial charge in [0.1, 0.15) is 5.82 Å². The second-order valence-electron chi connectivity index (χ2n) is 8.80. The molecule has 4 aromatic rings. The maximum Gasteiger partial charge on any atom is 0.270 e. The summed E-state index contributed by atoms with van der Waals surface area (Å²) in [5.74, 6) is 0.161. The number of hydrogen-bond acceptors (Lipinski definition) is 5. The topological polar surface area (TPSA) is 98.3 Å². The molecule has 35 heavy (non-hydrogen) atoms. The summed E-state index contributed by atoms with van der Waals surface area (Å²) in [4.78, 5) is 44.5. The van der Waals surface area contributed by atoms with E-state index in [1.165, 1.54) is 18.2 Å². The predicted octanol–water partition coefficient (Wildman–Crippen LogP) is 5.15. The van der Waals surface area contributed by atoms with Crippen molar-refractivity contribution in [1.82, 2.24) is 14.5 Å². The SMILES string of the molecule is CC(C)CN(C(=O)c1cccc([N+](=O)[O-])c1)C(C)c1nc2ccccc2c(=O)n1-c1ccccc1. The van der Waals surface area contributed by atoms with Crippen molar-refractivity contribution in [3.63, 3.8) is 0 Å². The Kier molecular flexibility index (Phi) is 6.73. The van der Waals surface area contributed by atoms with E-state index in [1.54, 1.807) is 33.7 Å². The van der Waals surface area contributed by atoms with Crippen LogP contribution in [0, 0.1) is 16.0 Å². The first-order valence-electron chi connectivity index (χ1n) is 11.4. The lowest BCUT2D eigenvalue weighted by Gasteiger charge is -2.32. The molecule has 0 spiro atoms. The maximum absolute atomic E-state index is 13.7. The molecule has 8 heteroatoms. The number of fused-ring (bicyclic) bond motifs is 1. The van der Waals surface area contributed by atoms with Crippen molar-refractivity contribution in [2.24, 2.45) is 5.92 Å². The van der Waals surface area contributed by atoms with Crippen LogP contribution < -0.4 is 5.56 Å². The summed E-state index contributed by atoms with van der Waals surface area (Å²) >= 11 is 0. The van der Waals surface area contributed by atoms with Crippen LogP contribution in [-0.2, 0) is 0 Å². The average Bonchev–Trinajstić information content (AvgIpc) is 2.87. The van der Waals surface area contributed by atoms with Crippen LogP contribution in [0.4, 0.5) is 5.69 Å². The van der Waals surface area contributed by atoms with Gasteiger partial charge in [0.2, 0.25) is 0 Å². The van der Waals surface area contributed by atoms with Gasteiger partial charge in [-0.15, -0.1) is 0 Å². The molecule has 0 aliphatic heterocycles. The lowest BCUT2D eigenvalue weighted by atomic mass is 10.1. The molecule has 0 saturated carbocycles. The van der Waals surface area contributed by atoms with Gasteiger partial charge in [-0.2, -0.15) is 0 Å². The fourth-order valence-electron chi connectivity index (χ4n) is 4.12. The molecule has 3 aromatic carbocycles. The summed E-state index contributed by atoms with van der Waals surface area (Å²) in [5.41, 5.74) is 1.01. The van der Waals surface area contributed by atoms with Crippen LogP contribution in [0.5, 0.6) is 0 Å². The first-order chi connectivity index (χ1) is 16.8. The summed E-state index contributed by atoms with van der Waals surface area (Å²) in [5, 5.41) is 11.8. The Morgan fingerprint density at radius 2 is 1.69 bits per heavy atom. The molecule has 178 valence electrons. The molecule has 0 aliphatic rings. The number of amides is 1. The Hall–Kier alpha value is -4.33. The van der Waals surface area contributed by atoms with Gasteiger partial charge in [-0.1, -0.05) is 50.2 Å². The van der Waals surface area contributed by atoms with Gasteiger partial charge in [-0.05, 0) is 43.2 Å². The van der Waals surface area contributed by atoms with E-state index in [9.17, 15) is 19.7 Å². The van der Waals surface area contributed by atoms with Crippen molar-refractivity contribution >= 4 is 22.5 Å². The third-order valence-electron chi connectivity index (χ3n) is 5.78. The van der Waals surface area contributed by atoms with E-state index < -0.39 is 11.0 Å². The number of aromatic nitrogens is 2. The smallest absolute Gasteiger partial charge is 0.270 e. The van der Waals surface area contributed by atoms with Crippen LogP contribution in [-0.4, -0.2) is 31.8 Å². The highest BCUT2D eigenvalue weighted by atomic mass is 16.6. The first-order valence-corrected chi connectivity index (χ1v) is 11.4. The van der Waals surface area contributed by atoms with Crippen LogP contribution in [0.2, 0.25) is 0 Å². The van der Waals surface area contributed by atoms with Crippen LogP contribution in [0.1, 0.15) is 43.0 Å². The van der Waals surface area contributed by atoms with E-state index in [1.807, 2.05) is 57.2 Å². The van der Waals surface area contributed by atoms with E-state index in [0.717, 1.165) is 0 Å². The van der Waals surface area contributed by atoms with E-state index in [2.05, 4.69) is 0 Å². The van der Waals surface area contributed by atoms with Gasteiger partial charge in [0, 0.05) is 24.2 Å². The van der Waals surface area contributed by atoms with E-state index in [4.69, 9.17) is 4.98 Å². The minimum atomic E-state index is -0.596. The number of carbonyl (C=O) groups excluding carboxylic acids is 1. The number of rotatable bonds is 7. The number of nitro groups is 1. The van der Waals surface area contributed by atoms with Crippen molar-refractivity contribution in [2.45, 2.75) is 26.8 Å². The van der Waals surface area contributed by atoms with Gasteiger partial charge in [-0.25, -0.2) is 4.98 Å². The lowest BCUT2D eigenvalue weighted by molar-refractivity contribution is -0.384. The monoisotopic (exact) mass is 470 g/mol. The average molecular weight is 471 g/mol. The highest BCUT2D eigenvalue weighted by Gasteiger charge is 2.29. The maximum atomic E-state index is 13.7. The van der Waals surface area contributed by atoms with Gasteiger partial charge in [0.05, 0.1) is 27.6 Å². The van der Waals surface area contributed by atoms with E-state index in [-0.39, 0.29) is 28.6 Å². The summed E-state index contributed by atoms with van der Waals surface area (Å²) in [6, 6.07) is 21.4. The largest absolute Gasteiger partial charge is 0.328 e. The second-order valence-corrected chi connectivity index (χ2v) is 8.80. The van der Waals surface area contributed by atoms with Crippen molar-refractivity contribution in [1.29, 1.82) is 0 Å². The highest BCUT2D eigenvalue weighted by Crippen LogP contribution is 2.26. The lowest BCUT2D eigenvalue weighted by Crippen LogP contribution is -2.39. The molecule has 0 fully saturated rings. The molecular weight excluding hydrogens is 444 g/mol. The summed E-state index contributed by atoms with van der Waals surface area (Å²) in [7, 11) is 0. The molecule has 0 N–H and O–H groups in total. The molecule has 1 atom stereocenters. The van der Waals surface area contributed by atoms with Crippen molar-refractivity contribution < 1.29 is 9.72 Å². The second kappa shape index (κ2) is 9.89. The number of nitrogens with zero attached hydrogens (tertiary/aromatic N) is 4. The van der Waals surface area contributed by atoms with Crippen LogP contribution >= 0.6 is 0 Å². The van der Waals surface area contributed by atoms with Crippen LogP contribution in [0.15, 0.2) is 83.7 Å². The Morgan fingerprint density at radius 3 is 2.37 bits per heavy atom. The van der Waals surface area contributed by atoms with Gasteiger partial charge in [-0.3, -0.25) is 24.3 Å². The van der Waals surface area contributed by atoms with Crippen LogP contribution in [0.3, 0.4) is 0 Å². The van der Waals surface area contributed by atoms with Crippen molar-refractivity contribution in [3.8, 4) is 5.69 Å². The number of nitro benzene ring substituents is 1. The van der Waals surface area contributed by atoms with Crippen molar-refractivity contribution in [2.75, 3.05) is 6.54 Å². The van der Waals surface area contributed by atoms with E-state index >= 15 is 0 Å². The van der Waals surface area contributed by atoms with Gasteiger partial charge in [0.25, 0.3) is 17.2 Å². The molecule has 1 heterocycles. The fraction of sp³-hybridized carbons (Fsp3) is 0.222. The highest BCUT2D eigenvalue weighted by molar-refractivity contribution is 5.95. The van der Waals surface area contributed by atoms with Gasteiger partial charge in [0.15, 0.2) is 0 Å². The summed E-state index contributed by atoms with van der Waals surface area (Å²) < 4.78 is 1.54. The molecule has 8 nitrogen and oxygen atoms in total. The summed E-state index contributed by atoms with van der Waals surface area (Å²) in [6.45, 7) is 6.17. The minimum Gasteiger partial charge on any atom is -0.328 e. The molecule has 0 saturated heterocycles. The zero-order valence-electron chi connectivity index (χ0n) is 19.8. The molecule has 4 rings (SSSR count). The zero-order valence-corrected chi connectivity index (χ0v) is 19.8. The first kappa shape index (κ1) is 23.8. The molecule has 1 aromatic heterocycles. The third-order valence-corrected chi connectivity index (χ3v) is 5.78. The Morgan fingerprint density at radius 1 is 1.00 bits per heavy atom. The quantitative estimate of drug-likeness (QED) is 0.275. The zero-order chi connectivity index (χ0) is 25.1. The normalized spacial score (nSPS) is 12.0. The summed E-state index contributed by atoms with van der Waals surface area (Å²) in [6.07, 6.45) is 0. The molecular formula is C27H26N4O4. The van der Waals surface area contributed by atoms with Crippen molar-refractivity contribution in [3.05, 3.63) is 111 Å². The fourth-order valence-corrected chi connectivity index (χ4v) is 4.12. The number of carbonyl (C=O) groups is 1. The number of hydrogen-bond donors (Lipinski definition) is 0. The number of non-ortho nitro benzene ring substituents is 1. The number of para-hydroxylation sites is 2. The molecule has 0 radical (unpaired) electrons. The minimum absolute atomic E-state index is 0.109. The van der Waals surface area contributed by atoms with Crippen LogP contribution in [0.25, 0.3) is 16.6 Å². The molecule has 0 bridgehead atoms. The Labute approximate surface area is 202 Å². The number of benzene rings is 3. The third kappa shape index (κ3) is 4.82.